The molecule has 0 saturated carbocycles. The van der Waals surface area contributed by atoms with E-state index in [-0.39, 0.29) is 31.1 Å². The van der Waals surface area contributed by atoms with E-state index in [0.29, 0.717) is 25.7 Å². The van der Waals surface area contributed by atoms with Gasteiger partial charge in [-0.2, -0.15) is 0 Å². The normalized spacial score (nSPS) is 13.3. The molecular weight excluding hydrogens is 877 g/mol. The van der Waals surface area contributed by atoms with Crippen molar-refractivity contribution in [1.29, 1.82) is 0 Å². The third-order valence-corrected chi connectivity index (χ3v) is 11.0. The van der Waals surface area contributed by atoms with E-state index >= 15 is 0 Å². The highest BCUT2D eigenvalue weighted by atomic mass is 16.6. The van der Waals surface area contributed by atoms with E-state index in [9.17, 15) is 14.4 Å². The second-order valence-electron chi connectivity index (χ2n) is 17.7. The number of carbonyl (C=O) groups is 3. The summed E-state index contributed by atoms with van der Waals surface area (Å²) in [5, 5.41) is 0. The van der Waals surface area contributed by atoms with Gasteiger partial charge in [0.15, 0.2) is 6.10 Å². The van der Waals surface area contributed by atoms with Crippen LogP contribution in [0.3, 0.4) is 0 Å². The molecule has 1 atom stereocenters. The third kappa shape index (κ3) is 55.8. The lowest BCUT2D eigenvalue weighted by Gasteiger charge is -2.18. The summed E-state index contributed by atoms with van der Waals surface area (Å²) in [6.45, 7) is 6.25. The summed E-state index contributed by atoms with van der Waals surface area (Å²) in [5.41, 5.74) is 0. The molecule has 0 bridgehead atoms. The van der Waals surface area contributed by atoms with Crippen molar-refractivity contribution in [3.8, 4) is 0 Å². The maximum absolute atomic E-state index is 12.7. The van der Waals surface area contributed by atoms with Gasteiger partial charge in [0.2, 0.25) is 0 Å². The van der Waals surface area contributed by atoms with Gasteiger partial charge in [0.1, 0.15) is 13.2 Å². The van der Waals surface area contributed by atoms with E-state index < -0.39 is 6.10 Å². The SMILES string of the molecule is CC/C=C\C/C=C\C/C=C\C/C=C\C/C=C\C/C=C\C/C=C\C/C=C\C/C=C\C/C=C\CCCCC(=O)OCC(COC(=O)CCCCCCC)OC(=O)CCCCCCC/C=C\C/C=C\C/C=C\CC. The largest absolute Gasteiger partial charge is 0.462 e. The van der Waals surface area contributed by atoms with Gasteiger partial charge >= 0.3 is 17.9 Å². The van der Waals surface area contributed by atoms with E-state index in [1.54, 1.807) is 0 Å². The first-order valence-electron chi connectivity index (χ1n) is 28.0. The van der Waals surface area contributed by atoms with Gasteiger partial charge in [0.05, 0.1) is 0 Å². The Morgan fingerprint density at radius 3 is 0.887 bits per heavy atom. The van der Waals surface area contributed by atoms with Crippen molar-refractivity contribution < 1.29 is 28.6 Å². The molecule has 0 aromatic carbocycles. The molecule has 0 saturated heterocycles. The number of hydrogen-bond donors (Lipinski definition) is 0. The Labute approximate surface area is 435 Å². The smallest absolute Gasteiger partial charge is 0.306 e. The Hall–Kier alpha value is -4.97. The summed E-state index contributed by atoms with van der Waals surface area (Å²) in [7, 11) is 0. The predicted molar refractivity (Wildman–Crippen MR) is 306 cm³/mol. The number of ether oxygens (including phenoxy) is 3. The monoisotopic (exact) mass is 977 g/mol. The van der Waals surface area contributed by atoms with Crippen molar-refractivity contribution in [2.45, 2.75) is 219 Å². The van der Waals surface area contributed by atoms with Crippen molar-refractivity contribution in [3.05, 3.63) is 158 Å². The van der Waals surface area contributed by atoms with Crippen LogP contribution in [0.2, 0.25) is 0 Å². The number of hydrogen-bond acceptors (Lipinski definition) is 6. The highest BCUT2D eigenvalue weighted by molar-refractivity contribution is 5.71. The first-order chi connectivity index (χ1) is 35.0. The van der Waals surface area contributed by atoms with Gasteiger partial charge in [0.25, 0.3) is 0 Å². The summed E-state index contributed by atoms with van der Waals surface area (Å²) in [5.74, 6) is -0.995. The summed E-state index contributed by atoms with van der Waals surface area (Å²) in [4.78, 5) is 37.7. The molecule has 6 nitrogen and oxygen atoms in total. The molecule has 0 N–H and O–H groups in total. The van der Waals surface area contributed by atoms with Gasteiger partial charge in [-0.25, -0.2) is 0 Å². The van der Waals surface area contributed by atoms with Crippen LogP contribution < -0.4 is 0 Å². The zero-order valence-electron chi connectivity index (χ0n) is 45.2. The van der Waals surface area contributed by atoms with Crippen molar-refractivity contribution in [2.24, 2.45) is 0 Å². The topological polar surface area (TPSA) is 78.9 Å². The van der Waals surface area contributed by atoms with Crippen LogP contribution in [0.25, 0.3) is 0 Å². The van der Waals surface area contributed by atoms with E-state index in [2.05, 4.69) is 179 Å². The van der Waals surface area contributed by atoms with Crippen LogP contribution in [-0.2, 0) is 28.6 Å². The highest BCUT2D eigenvalue weighted by Gasteiger charge is 2.19. The van der Waals surface area contributed by atoms with Crippen LogP contribution in [-0.4, -0.2) is 37.2 Å². The standard InChI is InChI=1S/C65H100O6/c1-4-7-10-13-15-17-19-21-23-24-25-26-27-28-29-30-31-32-33-34-35-36-37-38-39-40-42-43-45-47-49-52-55-58-64(67)70-61-62(60-69-63(66)57-54-51-12-9-6-3)71-65(68)59-56-53-50-48-46-44-41-22-20-18-16-14-11-8-5-2/h7-8,10-11,15-18,21-23,25-26,28-29,31-32,34-35,37-38,40-42,45,47,62H,4-6,9,12-14,19-20,24,27,30,33,36,39,43-44,46,48-61H2,1-3H3/b10-7-,11-8-,17-15-,18-16-,23-21-,26-25-,29-28-,32-31-,35-34-,38-37-,41-22-,42-40-,47-45-. The fourth-order valence-electron chi connectivity index (χ4n) is 6.89. The lowest BCUT2D eigenvalue weighted by molar-refractivity contribution is -0.167. The molecule has 0 heterocycles. The number of allylic oxidation sites excluding steroid dienone is 26. The molecule has 0 aliphatic carbocycles. The number of rotatable bonds is 48. The van der Waals surface area contributed by atoms with Crippen molar-refractivity contribution in [1.82, 2.24) is 0 Å². The zero-order valence-corrected chi connectivity index (χ0v) is 45.2. The predicted octanol–water partition coefficient (Wildman–Crippen LogP) is 19.0. The van der Waals surface area contributed by atoms with Crippen molar-refractivity contribution >= 4 is 17.9 Å². The molecular formula is C65H100O6. The Morgan fingerprint density at radius 2 is 0.549 bits per heavy atom. The summed E-state index contributed by atoms with van der Waals surface area (Å²) < 4.78 is 16.6. The first-order valence-corrected chi connectivity index (χ1v) is 28.0. The van der Waals surface area contributed by atoms with E-state index in [1.165, 1.54) is 0 Å². The zero-order chi connectivity index (χ0) is 51.4. The Morgan fingerprint density at radius 1 is 0.296 bits per heavy atom. The molecule has 0 aromatic rings. The fourth-order valence-corrected chi connectivity index (χ4v) is 6.89. The van der Waals surface area contributed by atoms with E-state index in [4.69, 9.17) is 14.2 Å². The van der Waals surface area contributed by atoms with E-state index in [1.807, 2.05) is 0 Å². The number of unbranched alkanes of at least 4 members (excludes halogenated alkanes) is 11. The minimum Gasteiger partial charge on any atom is -0.462 e. The van der Waals surface area contributed by atoms with Gasteiger partial charge < -0.3 is 14.2 Å². The molecule has 0 radical (unpaired) electrons. The summed E-state index contributed by atoms with van der Waals surface area (Å²) in [6.07, 6.45) is 84.3. The van der Waals surface area contributed by atoms with Gasteiger partial charge in [-0.05, 0) is 128 Å². The minimum atomic E-state index is -0.808. The van der Waals surface area contributed by atoms with Crippen LogP contribution in [0.15, 0.2) is 158 Å². The fraction of sp³-hybridized carbons (Fsp3) is 0.554. The van der Waals surface area contributed by atoms with Gasteiger partial charge in [-0.3, -0.25) is 14.4 Å². The molecule has 6 heteroatoms. The Bertz CT molecular complexity index is 1640. The number of esters is 3. The Balaban J connectivity index is 4.22. The third-order valence-electron chi connectivity index (χ3n) is 11.0. The van der Waals surface area contributed by atoms with Crippen LogP contribution in [0, 0.1) is 0 Å². The molecule has 1 unspecified atom stereocenters. The van der Waals surface area contributed by atoms with Crippen molar-refractivity contribution in [3.63, 3.8) is 0 Å². The number of carbonyl (C=O) groups excluding carboxylic acids is 3. The molecule has 0 aliphatic heterocycles. The summed E-state index contributed by atoms with van der Waals surface area (Å²) >= 11 is 0. The second-order valence-corrected chi connectivity index (χ2v) is 17.7. The van der Waals surface area contributed by atoms with Crippen LogP contribution in [0.4, 0.5) is 0 Å². The highest BCUT2D eigenvalue weighted by Crippen LogP contribution is 2.12. The molecule has 396 valence electrons. The first kappa shape index (κ1) is 66.0. The molecule has 0 spiro atoms. The maximum Gasteiger partial charge on any atom is 0.306 e. The maximum atomic E-state index is 12.7. The van der Waals surface area contributed by atoms with E-state index in [0.717, 1.165) is 167 Å². The van der Waals surface area contributed by atoms with Gasteiger partial charge in [0, 0.05) is 19.3 Å². The quantitative estimate of drug-likeness (QED) is 0.0262. The minimum absolute atomic E-state index is 0.106. The molecule has 71 heavy (non-hydrogen) atoms. The molecule has 0 amide bonds. The average Bonchev–Trinajstić information content (AvgIpc) is 3.37. The lowest BCUT2D eigenvalue weighted by Crippen LogP contribution is -2.30. The molecule has 0 aliphatic rings. The second kappa shape index (κ2) is 57.6. The van der Waals surface area contributed by atoms with Gasteiger partial charge in [-0.15, -0.1) is 0 Å². The van der Waals surface area contributed by atoms with Gasteiger partial charge in [-0.1, -0.05) is 224 Å². The average molecular weight is 978 g/mol. The van der Waals surface area contributed by atoms with Crippen LogP contribution >= 0.6 is 0 Å². The van der Waals surface area contributed by atoms with Crippen molar-refractivity contribution in [2.75, 3.05) is 13.2 Å². The van der Waals surface area contributed by atoms with Crippen LogP contribution in [0.1, 0.15) is 213 Å². The lowest BCUT2D eigenvalue weighted by atomic mass is 10.1. The molecule has 0 fully saturated rings. The summed E-state index contributed by atoms with van der Waals surface area (Å²) in [6, 6.07) is 0. The van der Waals surface area contributed by atoms with Crippen LogP contribution in [0.5, 0.6) is 0 Å². The molecule has 0 rings (SSSR count). The Kier molecular flexibility index (Phi) is 53.6. The molecule has 0 aromatic heterocycles.